The number of aryl methyl sites for hydroxylation is 1. The second-order valence-corrected chi connectivity index (χ2v) is 7.53. The van der Waals surface area contributed by atoms with Gasteiger partial charge in [-0.1, -0.05) is 0 Å². The molecule has 2 aliphatic rings. The van der Waals surface area contributed by atoms with Crippen LogP contribution in [0.4, 0.5) is 5.00 Å². The van der Waals surface area contributed by atoms with Gasteiger partial charge in [0.15, 0.2) is 0 Å². The van der Waals surface area contributed by atoms with E-state index in [0.717, 1.165) is 37.9 Å². The number of amides is 2. The van der Waals surface area contributed by atoms with Crippen molar-refractivity contribution < 1.29 is 14.3 Å². The molecule has 1 aliphatic carbocycles. The molecule has 6 nitrogen and oxygen atoms in total. The largest absolute Gasteiger partial charge is 0.373 e. The van der Waals surface area contributed by atoms with Crippen molar-refractivity contribution in [3.8, 4) is 0 Å². The summed E-state index contributed by atoms with van der Waals surface area (Å²) in [5, 5.41) is 3.51. The lowest BCUT2D eigenvalue weighted by Gasteiger charge is -2.34. The Morgan fingerprint density at radius 3 is 2.65 bits per heavy atom. The highest BCUT2D eigenvalue weighted by atomic mass is 32.1. The zero-order chi connectivity index (χ0) is 16.6. The number of morpholine rings is 1. The van der Waals surface area contributed by atoms with E-state index < -0.39 is 5.91 Å². The van der Waals surface area contributed by atoms with E-state index in [9.17, 15) is 9.59 Å². The molecule has 3 N–H and O–H groups in total. The van der Waals surface area contributed by atoms with Gasteiger partial charge in [0.2, 0.25) is 5.91 Å². The molecule has 7 heteroatoms. The zero-order valence-corrected chi connectivity index (χ0v) is 14.4. The van der Waals surface area contributed by atoms with Crippen LogP contribution < -0.4 is 11.1 Å². The Hall–Kier alpha value is -1.44. The van der Waals surface area contributed by atoms with Gasteiger partial charge in [0.05, 0.1) is 24.3 Å². The summed E-state index contributed by atoms with van der Waals surface area (Å²) in [6.45, 7) is 5.80. The Kier molecular flexibility index (Phi) is 4.70. The third-order valence-electron chi connectivity index (χ3n) is 4.28. The number of nitrogens with one attached hydrogen (secondary N) is 1. The molecule has 2 heterocycles. The number of fused-ring (bicyclic) bond motifs is 1. The third kappa shape index (κ3) is 3.57. The first-order chi connectivity index (χ1) is 10.9. The maximum Gasteiger partial charge on any atom is 0.251 e. The van der Waals surface area contributed by atoms with Crippen LogP contribution in [0.5, 0.6) is 0 Å². The van der Waals surface area contributed by atoms with Crippen molar-refractivity contribution in [1.82, 2.24) is 4.90 Å². The minimum absolute atomic E-state index is 0.103. The molecule has 1 aromatic rings. The molecule has 3 rings (SSSR count). The fraction of sp³-hybridized carbons (Fsp3) is 0.625. The predicted molar refractivity (Wildman–Crippen MR) is 89.9 cm³/mol. The summed E-state index contributed by atoms with van der Waals surface area (Å²) >= 11 is 1.49. The maximum atomic E-state index is 12.4. The van der Waals surface area contributed by atoms with Gasteiger partial charge in [0, 0.05) is 18.0 Å². The molecule has 1 aliphatic heterocycles. The molecular formula is C16H23N3O3S. The molecule has 126 valence electrons. The number of rotatable bonds is 4. The molecule has 0 bridgehead atoms. The number of nitrogens with two attached hydrogens (primary N) is 1. The molecule has 0 spiro atoms. The fourth-order valence-corrected chi connectivity index (χ4v) is 4.85. The van der Waals surface area contributed by atoms with Crippen molar-refractivity contribution in [2.24, 2.45) is 5.73 Å². The molecule has 0 saturated carbocycles. The van der Waals surface area contributed by atoms with Crippen molar-refractivity contribution in [2.45, 2.75) is 45.3 Å². The smallest absolute Gasteiger partial charge is 0.251 e. The lowest BCUT2D eigenvalue weighted by atomic mass is 10.1. The highest BCUT2D eigenvalue weighted by Crippen LogP contribution is 2.38. The average molecular weight is 337 g/mol. The number of hydrogen-bond acceptors (Lipinski definition) is 5. The molecule has 1 fully saturated rings. The second kappa shape index (κ2) is 6.59. The molecule has 2 amide bonds. The monoisotopic (exact) mass is 337 g/mol. The Labute approximate surface area is 140 Å². The van der Waals surface area contributed by atoms with E-state index in [0.29, 0.717) is 17.1 Å². The number of hydrogen-bond donors (Lipinski definition) is 2. The minimum atomic E-state index is -0.451. The topological polar surface area (TPSA) is 84.7 Å². The second-order valence-electron chi connectivity index (χ2n) is 6.43. The van der Waals surface area contributed by atoms with Crippen molar-refractivity contribution in [3.63, 3.8) is 0 Å². The number of carbonyl (C=O) groups excluding carboxylic acids is 2. The highest BCUT2D eigenvalue weighted by molar-refractivity contribution is 7.17. The summed E-state index contributed by atoms with van der Waals surface area (Å²) in [5.74, 6) is -0.554. The van der Waals surface area contributed by atoms with Crippen LogP contribution in [0, 0.1) is 0 Å². The number of anilines is 1. The molecule has 1 saturated heterocycles. The van der Waals surface area contributed by atoms with Gasteiger partial charge in [-0.25, -0.2) is 0 Å². The number of primary amides is 1. The summed E-state index contributed by atoms with van der Waals surface area (Å²) in [6.07, 6.45) is 3.14. The van der Waals surface area contributed by atoms with E-state index >= 15 is 0 Å². The van der Waals surface area contributed by atoms with Gasteiger partial charge in [-0.05, 0) is 38.7 Å². The van der Waals surface area contributed by atoms with Gasteiger partial charge in [-0.2, -0.15) is 0 Å². The summed E-state index contributed by atoms with van der Waals surface area (Å²) in [5.41, 5.74) is 7.07. The van der Waals surface area contributed by atoms with Gasteiger partial charge in [-0.15, -0.1) is 11.3 Å². The van der Waals surface area contributed by atoms with Crippen molar-refractivity contribution >= 4 is 28.2 Å². The quantitative estimate of drug-likeness (QED) is 0.869. The minimum Gasteiger partial charge on any atom is -0.373 e. The van der Waals surface area contributed by atoms with Gasteiger partial charge in [-0.3, -0.25) is 14.5 Å². The Balaban J connectivity index is 1.68. The molecule has 2 atom stereocenters. The molecule has 23 heavy (non-hydrogen) atoms. The summed E-state index contributed by atoms with van der Waals surface area (Å²) < 4.78 is 5.68. The number of nitrogens with zero attached hydrogens (tertiary/aromatic N) is 1. The van der Waals surface area contributed by atoms with E-state index in [-0.39, 0.29) is 18.1 Å². The first-order valence-electron chi connectivity index (χ1n) is 8.06. The predicted octanol–water partition coefficient (Wildman–Crippen LogP) is 1.38. The van der Waals surface area contributed by atoms with Crippen LogP contribution in [0.25, 0.3) is 0 Å². The Bertz CT molecular complexity index is 618. The number of carbonyl (C=O) groups is 2. The van der Waals surface area contributed by atoms with E-state index in [1.807, 2.05) is 13.8 Å². The first kappa shape index (κ1) is 16.4. The van der Waals surface area contributed by atoms with Gasteiger partial charge >= 0.3 is 0 Å². The normalized spacial score (nSPS) is 24.4. The van der Waals surface area contributed by atoms with Crippen LogP contribution in [-0.2, 0) is 22.4 Å². The van der Waals surface area contributed by atoms with Crippen molar-refractivity contribution in [2.75, 3.05) is 25.0 Å². The van der Waals surface area contributed by atoms with E-state index in [1.54, 1.807) is 0 Å². The van der Waals surface area contributed by atoms with Crippen LogP contribution in [-0.4, -0.2) is 48.6 Å². The third-order valence-corrected chi connectivity index (χ3v) is 5.49. The van der Waals surface area contributed by atoms with Crippen molar-refractivity contribution in [3.05, 3.63) is 16.0 Å². The van der Waals surface area contributed by atoms with Crippen LogP contribution in [0.15, 0.2) is 0 Å². The highest BCUT2D eigenvalue weighted by Gasteiger charge is 2.27. The molecule has 0 unspecified atom stereocenters. The average Bonchev–Trinajstić information content (AvgIpc) is 2.96. The van der Waals surface area contributed by atoms with E-state index in [2.05, 4.69) is 10.2 Å². The molecular weight excluding hydrogens is 314 g/mol. The summed E-state index contributed by atoms with van der Waals surface area (Å²) in [6, 6.07) is 0. The van der Waals surface area contributed by atoms with Gasteiger partial charge in [0.1, 0.15) is 5.00 Å². The SMILES string of the molecule is C[C@@H]1CN(CC(=O)Nc2sc3c(c2C(N)=O)CCC3)C[C@@H](C)O1. The summed E-state index contributed by atoms with van der Waals surface area (Å²) in [7, 11) is 0. The fourth-order valence-electron chi connectivity index (χ4n) is 3.54. The number of ether oxygens (including phenoxy) is 1. The van der Waals surface area contributed by atoms with Crippen LogP contribution >= 0.6 is 11.3 Å². The first-order valence-corrected chi connectivity index (χ1v) is 8.87. The Morgan fingerprint density at radius 1 is 1.30 bits per heavy atom. The summed E-state index contributed by atoms with van der Waals surface area (Å²) in [4.78, 5) is 27.4. The number of thiophene rings is 1. The van der Waals surface area contributed by atoms with Crippen LogP contribution in [0.3, 0.4) is 0 Å². The zero-order valence-electron chi connectivity index (χ0n) is 13.6. The van der Waals surface area contributed by atoms with Crippen LogP contribution in [0.2, 0.25) is 0 Å². The lowest BCUT2D eigenvalue weighted by Crippen LogP contribution is -2.48. The Morgan fingerprint density at radius 2 is 2.00 bits per heavy atom. The lowest BCUT2D eigenvalue weighted by molar-refractivity contribution is -0.121. The maximum absolute atomic E-state index is 12.4. The van der Waals surface area contributed by atoms with Crippen LogP contribution in [0.1, 0.15) is 41.1 Å². The molecule has 0 radical (unpaired) electrons. The van der Waals surface area contributed by atoms with Gasteiger partial charge in [0.25, 0.3) is 5.91 Å². The van der Waals surface area contributed by atoms with E-state index in [4.69, 9.17) is 10.5 Å². The van der Waals surface area contributed by atoms with Crippen molar-refractivity contribution in [1.29, 1.82) is 0 Å². The molecule has 0 aromatic carbocycles. The van der Waals surface area contributed by atoms with Gasteiger partial charge < -0.3 is 15.8 Å². The molecule has 1 aromatic heterocycles. The van der Waals surface area contributed by atoms with E-state index in [1.165, 1.54) is 16.2 Å². The standard InChI is InChI=1S/C16H23N3O3S/c1-9-6-19(7-10(2)22-9)8-13(20)18-16-14(15(17)21)11-4-3-5-12(11)23-16/h9-10H,3-8H2,1-2H3,(H2,17,21)(H,18,20)/t9-,10-/m1/s1.